The number of H-pyrrole nitrogens is 1. The third-order valence-electron chi connectivity index (χ3n) is 5.65. The summed E-state index contributed by atoms with van der Waals surface area (Å²) in [6.45, 7) is 3.10. The standard InChI is InChI=1S/C21H20Cl2N10O/c1-31-11-12(8-25-31)13-9-26-33-19(13)29-21(32-2-4-34-5-3-32)30-20(33)24-10-18-27-16-6-14(22)15(23)7-17(16)28-18/h6-9,11H,2-5,10H2,1H3,(H,27,28)(H,24,29,30). The highest BCUT2D eigenvalue weighted by molar-refractivity contribution is 6.42. The maximum atomic E-state index is 6.14. The number of nitrogens with zero attached hydrogens (tertiary/aromatic N) is 8. The zero-order valence-corrected chi connectivity index (χ0v) is 19.7. The Bertz CT molecular complexity index is 1460. The minimum atomic E-state index is 0.390. The molecule has 0 unspecified atom stereocenters. The summed E-state index contributed by atoms with van der Waals surface area (Å²) in [5.74, 6) is 1.89. The maximum Gasteiger partial charge on any atom is 0.230 e. The van der Waals surface area contributed by atoms with Crippen LogP contribution in [0.4, 0.5) is 11.9 Å². The summed E-state index contributed by atoms with van der Waals surface area (Å²) in [6, 6.07) is 3.51. The molecule has 0 spiro atoms. The molecule has 0 radical (unpaired) electrons. The van der Waals surface area contributed by atoms with Crippen molar-refractivity contribution in [3.05, 3.63) is 46.6 Å². The topological polar surface area (TPSA) is 114 Å². The SMILES string of the molecule is Cn1cc(-c2cnn3c(NCc4nc5cc(Cl)c(Cl)cc5[nH]4)nc(N4CCOCC4)nc23)cn1. The third kappa shape index (κ3) is 3.81. The molecule has 1 aromatic carbocycles. The van der Waals surface area contributed by atoms with Gasteiger partial charge in [0, 0.05) is 37.5 Å². The van der Waals surface area contributed by atoms with Gasteiger partial charge in [0.2, 0.25) is 11.9 Å². The van der Waals surface area contributed by atoms with Crippen molar-refractivity contribution in [2.24, 2.45) is 7.05 Å². The smallest absolute Gasteiger partial charge is 0.230 e. The molecule has 0 saturated carbocycles. The van der Waals surface area contributed by atoms with Gasteiger partial charge in [0.1, 0.15) is 5.82 Å². The Morgan fingerprint density at radius 1 is 1.06 bits per heavy atom. The van der Waals surface area contributed by atoms with E-state index in [4.69, 9.17) is 37.9 Å². The van der Waals surface area contributed by atoms with Crippen molar-refractivity contribution in [1.29, 1.82) is 0 Å². The molecule has 1 aliphatic rings. The van der Waals surface area contributed by atoms with E-state index in [-0.39, 0.29) is 0 Å². The van der Waals surface area contributed by atoms with Crippen molar-refractivity contribution < 1.29 is 4.74 Å². The molecule has 4 aromatic heterocycles. The number of halogens is 2. The molecule has 5 aromatic rings. The summed E-state index contributed by atoms with van der Waals surface area (Å²) in [5.41, 5.74) is 4.05. The van der Waals surface area contributed by atoms with Gasteiger partial charge in [-0.1, -0.05) is 23.2 Å². The van der Waals surface area contributed by atoms with Gasteiger partial charge in [-0.05, 0) is 12.1 Å². The van der Waals surface area contributed by atoms with Gasteiger partial charge in [0.25, 0.3) is 0 Å². The summed E-state index contributed by atoms with van der Waals surface area (Å²) in [7, 11) is 1.88. The van der Waals surface area contributed by atoms with Crippen LogP contribution in [0, 0.1) is 0 Å². The van der Waals surface area contributed by atoms with Crippen molar-refractivity contribution in [2.45, 2.75) is 6.54 Å². The molecule has 0 amide bonds. The Hall–Kier alpha value is -3.41. The average Bonchev–Trinajstić information content (AvgIpc) is 3.56. The first-order valence-corrected chi connectivity index (χ1v) is 11.5. The Morgan fingerprint density at radius 3 is 2.68 bits per heavy atom. The zero-order chi connectivity index (χ0) is 23.2. The van der Waals surface area contributed by atoms with E-state index in [2.05, 4.69) is 30.4 Å². The fourth-order valence-electron chi connectivity index (χ4n) is 3.95. The first-order valence-electron chi connectivity index (χ1n) is 10.7. The third-order valence-corrected chi connectivity index (χ3v) is 6.38. The molecule has 174 valence electrons. The van der Waals surface area contributed by atoms with E-state index in [1.807, 2.05) is 13.2 Å². The second kappa shape index (κ2) is 8.42. The molecule has 13 heteroatoms. The molecule has 0 aliphatic carbocycles. The van der Waals surface area contributed by atoms with E-state index in [9.17, 15) is 0 Å². The van der Waals surface area contributed by atoms with E-state index in [1.54, 1.807) is 33.7 Å². The predicted octanol–water partition coefficient (Wildman–Crippen LogP) is 3.16. The zero-order valence-electron chi connectivity index (χ0n) is 18.2. The number of imidazole rings is 1. The number of fused-ring (bicyclic) bond motifs is 2. The fourth-order valence-corrected chi connectivity index (χ4v) is 4.28. The molecule has 2 N–H and O–H groups in total. The van der Waals surface area contributed by atoms with Gasteiger partial charge in [-0.2, -0.15) is 24.7 Å². The number of anilines is 2. The summed E-state index contributed by atoms with van der Waals surface area (Å²) in [6.07, 6.45) is 5.51. The van der Waals surface area contributed by atoms with Crippen LogP contribution in [-0.4, -0.2) is 65.6 Å². The lowest BCUT2D eigenvalue weighted by Gasteiger charge is -2.27. The van der Waals surface area contributed by atoms with Gasteiger partial charge < -0.3 is 19.9 Å². The Kier molecular flexibility index (Phi) is 5.24. The van der Waals surface area contributed by atoms with Crippen LogP contribution in [0.25, 0.3) is 27.8 Å². The Morgan fingerprint density at radius 2 is 1.88 bits per heavy atom. The predicted molar refractivity (Wildman–Crippen MR) is 129 cm³/mol. The molecular weight excluding hydrogens is 479 g/mol. The van der Waals surface area contributed by atoms with Gasteiger partial charge >= 0.3 is 0 Å². The monoisotopic (exact) mass is 498 g/mol. The number of ether oxygens (including phenoxy) is 1. The van der Waals surface area contributed by atoms with Gasteiger partial charge in [-0.15, -0.1) is 0 Å². The Labute approximate surface area is 203 Å². The molecule has 34 heavy (non-hydrogen) atoms. The number of aryl methyl sites for hydroxylation is 1. The number of hydrogen-bond donors (Lipinski definition) is 2. The molecule has 1 saturated heterocycles. The minimum absolute atomic E-state index is 0.390. The van der Waals surface area contributed by atoms with Crippen molar-refractivity contribution in [1.82, 2.24) is 39.3 Å². The first-order chi connectivity index (χ1) is 16.5. The number of rotatable bonds is 5. The van der Waals surface area contributed by atoms with Crippen molar-refractivity contribution in [3.8, 4) is 11.1 Å². The van der Waals surface area contributed by atoms with Gasteiger partial charge in [-0.25, -0.2) is 4.98 Å². The fraction of sp³-hybridized carbons (Fsp3) is 0.286. The lowest BCUT2D eigenvalue weighted by atomic mass is 10.2. The summed E-state index contributed by atoms with van der Waals surface area (Å²) >= 11 is 12.3. The van der Waals surface area contributed by atoms with Crippen LogP contribution < -0.4 is 10.2 Å². The van der Waals surface area contributed by atoms with E-state index in [0.29, 0.717) is 53.2 Å². The molecule has 0 bridgehead atoms. The minimum Gasteiger partial charge on any atom is -0.378 e. The maximum absolute atomic E-state index is 6.14. The van der Waals surface area contributed by atoms with Crippen molar-refractivity contribution in [3.63, 3.8) is 0 Å². The van der Waals surface area contributed by atoms with Gasteiger partial charge in [0.15, 0.2) is 5.65 Å². The molecule has 1 aliphatic heterocycles. The van der Waals surface area contributed by atoms with Crippen LogP contribution in [-0.2, 0) is 18.3 Å². The largest absolute Gasteiger partial charge is 0.378 e. The number of aromatic nitrogens is 8. The summed E-state index contributed by atoms with van der Waals surface area (Å²) in [4.78, 5) is 19.6. The summed E-state index contributed by atoms with van der Waals surface area (Å²) in [5, 5.41) is 13.1. The number of benzene rings is 1. The van der Waals surface area contributed by atoms with E-state index >= 15 is 0 Å². The van der Waals surface area contributed by atoms with Gasteiger partial charge in [-0.3, -0.25) is 4.68 Å². The van der Waals surface area contributed by atoms with Crippen LogP contribution in [0.3, 0.4) is 0 Å². The average molecular weight is 499 g/mol. The quantitative estimate of drug-likeness (QED) is 0.379. The Balaban J connectivity index is 1.38. The number of nitrogens with one attached hydrogen (secondary N) is 2. The molecular formula is C21H20Cl2N10O. The first kappa shape index (κ1) is 21.1. The number of morpholine rings is 1. The van der Waals surface area contributed by atoms with Crippen LogP contribution in [0.15, 0.2) is 30.7 Å². The lowest BCUT2D eigenvalue weighted by molar-refractivity contribution is 0.122. The highest BCUT2D eigenvalue weighted by Crippen LogP contribution is 2.28. The number of aromatic amines is 1. The van der Waals surface area contributed by atoms with E-state index in [0.717, 1.165) is 35.2 Å². The highest BCUT2D eigenvalue weighted by atomic mass is 35.5. The van der Waals surface area contributed by atoms with Crippen molar-refractivity contribution in [2.75, 3.05) is 36.5 Å². The lowest BCUT2D eigenvalue weighted by Crippen LogP contribution is -2.37. The van der Waals surface area contributed by atoms with Gasteiger partial charge in [0.05, 0.1) is 53.2 Å². The second-order valence-electron chi connectivity index (χ2n) is 7.96. The molecule has 11 nitrogen and oxygen atoms in total. The number of hydrogen-bond acceptors (Lipinski definition) is 8. The second-order valence-corrected chi connectivity index (χ2v) is 8.78. The molecule has 6 rings (SSSR count). The molecule has 5 heterocycles. The molecule has 0 atom stereocenters. The van der Waals surface area contributed by atoms with Crippen LogP contribution in [0.2, 0.25) is 10.0 Å². The van der Waals surface area contributed by atoms with Crippen LogP contribution in [0.1, 0.15) is 5.82 Å². The normalized spacial score (nSPS) is 14.4. The van der Waals surface area contributed by atoms with Crippen LogP contribution >= 0.6 is 23.2 Å². The van der Waals surface area contributed by atoms with E-state index < -0.39 is 0 Å². The summed E-state index contributed by atoms with van der Waals surface area (Å²) < 4.78 is 8.95. The van der Waals surface area contributed by atoms with Crippen molar-refractivity contribution >= 4 is 51.8 Å². The van der Waals surface area contributed by atoms with E-state index in [1.165, 1.54) is 0 Å². The highest BCUT2D eigenvalue weighted by Gasteiger charge is 2.20. The van der Waals surface area contributed by atoms with Crippen LogP contribution in [0.5, 0.6) is 0 Å². The molecule has 1 fully saturated rings.